The molecule has 10 atom stereocenters. The predicted molar refractivity (Wildman–Crippen MR) is 170 cm³/mol. The molecule has 244 valence electrons. The minimum absolute atomic E-state index is 0.0135. The molecule has 4 aliphatic carbocycles. The molecule has 2 aliphatic heterocycles. The fourth-order valence-corrected chi connectivity index (χ4v) is 11.8. The van der Waals surface area contributed by atoms with E-state index in [-0.39, 0.29) is 35.0 Å². The van der Waals surface area contributed by atoms with E-state index in [0.29, 0.717) is 35.8 Å². The molecule has 6 rings (SSSR count). The zero-order valence-electron chi connectivity index (χ0n) is 28.7. The maximum Gasteiger partial charge on any atom is 0.311 e. The standard InChI is InChI=1S/C37H63N2O4/c1-25(40)42-32-22-26-14-15-27-28(37(26,6)24-30(32)38-18-10-8-11-19-38)16-17-36(5)29(27)23-31(39(7)20-12-9-13-21-39)33(36)43-34(41)35(2,3)4/h26-33H,8-24H2,1-7H3/q+1/t26-,27+,28-,29-,30-,31-,32-,33-,36-,37-/m0/s1. The first-order chi connectivity index (χ1) is 20.3. The molecule has 0 radical (unpaired) electrons. The summed E-state index contributed by atoms with van der Waals surface area (Å²) in [5.74, 6) is 2.52. The quantitative estimate of drug-likeness (QED) is 0.258. The van der Waals surface area contributed by atoms with Crippen LogP contribution in [0.5, 0.6) is 0 Å². The molecule has 0 spiro atoms. The molecule has 0 unspecified atom stereocenters. The zero-order valence-corrected chi connectivity index (χ0v) is 28.7. The maximum absolute atomic E-state index is 13.5. The Balaban J connectivity index is 1.30. The van der Waals surface area contributed by atoms with Gasteiger partial charge < -0.3 is 14.0 Å². The Labute approximate surface area is 262 Å². The van der Waals surface area contributed by atoms with Gasteiger partial charge in [-0.3, -0.25) is 14.5 Å². The molecule has 43 heavy (non-hydrogen) atoms. The Morgan fingerprint density at radius 1 is 0.837 bits per heavy atom. The van der Waals surface area contributed by atoms with Crippen LogP contribution in [-0.2, 0) is 19.1 Å². The van der Waals surface area contributed by atoms with Crippen molar-refractivity contribution in [3.8, 4) is 0 Å². The Hall–Kier alpha value is -1.14. The van der Waals surface area contributed by atoms with E-state index in [1.807, 2.05) is 20.8 Å². The number of nitrogens with zero attached hydrogens (tertiary/aromatic N) is 2. The molecule has 0 N–H and O–H groups in total. The lowest BCUT2D eigenvalue weighted by Crippen LogP contribution is -2.61. The number of hydrogen-bond donors (Lipinski definition) is 0. The molecule has 0 bridgehead atoms. The number of likely N-dealkylation sites (tertiary alicyclic amines) is 2. The van der Waals surface area contributed by atoms with Gasteiger partial charge in [-0.1, -0.05) is 20.3 Å². The number of rotatable bonds is 4. The van der Waals surface area contributed by atoms with Crippen molar-refractivity contribution in [2.75, 3.05) is 33.2 Å². The Morgan fingerprint density at radius 3 is 2.16 bits per heavy atom. The highest BCUT2D eigenvalue weighted by atomic mass is 16.6. The molecule has 0 aromatic carbocycles. The summed E-state index contributed by atoms with van der Waals surface area (Å²) in [6, 6.07) is 0.763. The average Bonchev–Trinajstić information content (AvgIpc) is 3.26. The summed E-state index contributed by atoms with van der Waals surface area (Å²) in [6.45, 7) is 17.5. The summed E-state index contributed by atoms with van der Waals surface area (Å²) in [5.41, 5.74) is -0.148. The zero-order chi connectivity index (χ0) is 30.8. The fourth-order valence-electron chi connectivity index (χ4n) is 11.8. The monoisotopic (exact) mass is 599 g/mol. The van der Waals surface area contributed by atoms with Crippen molar-refractivity contribution in [1.29, 1.82) is 0 Å². The Bertz CT molecular complexity index is 1040. The highest BCUT2D eigenvalue weighted by molar-refractivity contribution is 5.75. The second-order valence-corrected chi connectivity index (χ2v) is 17.8. The van der Waals surface area contributed by atoms with Crippen LogP contribution in [0.3, 0.4) is 0 Å². The van der Waals surface area contributed by atoms with E-state index in [2.05, 4.69) is 25.8 Å². The van der Waals surface area contributed by atoms with Crippen LogP contribution in [0.2, 0.25) is 0 Å². The van der Waals surface area contributed by atoms with Crippen LogP contribution in [0, 0.1) is 39.9 Å². The summed E-state index contributed by atoms with van der Waals surface area (Å²) in [6.07, 6.45) is 16.2. The molecular formula is C37H63N2O4+. The Kier molecular flexibility index (Phi) is 8.57. The van der Waals surface area contributed by atoms with Crippen molar-refractivity contribution in [3.63, 3.8) is 0 Å². The van der Waals surface area contributed by atoms with Crippen LogP contribution in [0.1, 0.15) is 125 Å². The van der Waals surface area contributed by atoms with Crippen molar-refractivity contribution >= 4 is 11.9 Å². The summed E-state index contributed by atoms with van der Waals surface area (Å²) in [5, 5.41) is 0. The second kappa shape index (κ2) is 11.6. The first kappa shape index (κ1) is 31.8. The van der Waals surface area contributed by atoms with Crippen molar-refractivity contribution in [3.05, 3.63) is 0 Å². The molecule has 0 aromatic rings. The van der Waals surface area contributed by atoms with Crippen molar-refractivity contribution in [1.82, 2.24) is 4.90 Å². The number of quaternary nitrogens is 1. The molecule has 0 amide bonds. The van der Waals surface area contributed by atoms with Crippen LogP contribution < -0.4 is 0 Å². The number of hydrogen-bond acceptors (Lipinski definition) is 5. The van der Waals surface area contributed by atoms with E-state index < -0.39 is 5.41 Å². The third-order valence-corrected chi connectivity index (χ3v) is 14.3. The van der Waals surface area contributed by atoms with E-state index in [1.54, 1.807) is 6.92 Å². The summed E-state index contributed by atoms with van der Waals surface area (Å²) in [7, 11) is 2.48. The largest absolute Gasteiger partial charge is 0.461 e. The van der Waals surface area contributed by atoms with Crippen LogP contribution >= 0.6 is 0 Å². The van der Waals surface area contributed by atoms with Crippen molar-refractivity contribution < 1.29 is 23.5 Å². The first-order valence-electron chi connectivity index (χ1n) is 18.2. The third kappa shape index (κ3) is 5.61. The smallest absolute Gasteiger partial charge is 0.311 e. The SMILES string of the molecule is CC(=O)O[C@H]1C[C@@H]2CC[C@@H]3[C@H](CC[C@@]4(C)[C@H]3C[C@H]([N+]3(C)CCCCC3)[C@@H]4OC(=O)C(C)(C)C)[C@@]2(C)C[C@@H]1N1CCCCC1. The summed E-state index contributed by atoms with van der Waals surface area (Å²) < 4.78 is 13.9. The molecule has 6 nitrogen and oxygen atoms in total. The van der Waals surface area contributed by atoms with Gasteiger partial charge in [-0.25, -0.2) is 0 Å². The van der Waals surface area contributed by atoms with E-state index in [9.17, 15) is 9.59 Å². The van der Waals surface area contributed by atoms with E-state index >= 15 is 0 Å². The summed E-state index contributed by atoms with van der Waals surface area (Å²) in [4.78, 5) is 28.5. The van der Waals surface area contributed by atoms with Gasteiger partial charge in [-0.2, -0.15) is 0 Å². The lowest BCUT2D eigenvalue weighted by Gasteiger charge is -2.62. The summed E-state index contributed by atoms with van der Waals surface area (Å²) >= 11 is 0. The molecule has 4 saturated carbocycles. The van der Waals surface area contributed by atoms with Gasteiger partial charge in [-0.05, 0) is 134 Å². The van der Waals surface area contributed by atoms with Gasteiger partial charge in [0.15, 0.2) is 6.10 Å². The Morgan fingerprint density at radius 2 is 1.51 bits per heavy atom. The van der Waals surface area contributed by atoms with Crippen LogP contribution in [0.25, 0.3) is 0 Å². The molecule has 6 aliphatic rings. The molecule has 2 saturated heterocycles. The van der Waals surface area contributed by atoms with Gasteiger partial charge in [0.25, 0.3) is 0 Å². The molecule has 6 heteroatoms. The number of carbonyl (C=O) groups is 2. The van der Waals surface area contributed by atoms with Crippen LogP contribution in [0.15, 0.2) is 0 Å². The number of piperidine rings is 2. The number of esters is 2. The van der Waals surface area contributed by atoms with Crippen molar-refractivity contribution in [2.45, 2.75) is 149 Å². The van der Waals surface area contributed by atoms with E-state index in [0.717, 1.165) is 24.0 Å². The number of likely N-dealkylation sites (N-methyl/N-ethyl adjacent to an activating group) is 1. The van der Waals surface area contributed by atoms with Gasteiger partial charge in [0.2, 0.25) is 0 Å². The predicted octanol–water partition coefficient (Wildman–Crippen LogP) is 6.99. The molecule has 2 heterocycles. The van der Waals surface area contributed by atoms with Gasteiger partial charge in [0, 0.05) is 24.8 Å². The number of carbonyl (C=O) groups excluding carboxylic acids is 2. The lowest BCUT2D eigenvalue weighted by atomic mass is 9.44. The minimum Gasteiger partial charge on any atom is -0.461 e. The first-order valence-corrected chi connectivity index (χ1v) is 18.2. The second-order valence-electron chi connectivity index (χ2n) is 17.8. The molecule has 0 aromatic heterocycles. The highest BCUT2D eigenvalue weighted by Crippen LogP contribution is 2.68. The number of ether oxygens (including phenoxy) is 2. The topological polar surface area (TPSA) is 55.8 Å². The van der Waals surface area contributed by atoms with E-state index in [4.69, 9.17) is 9.47 Å². The molecular weight excluding hydrogens is 536 g/mol. The van der Waals surface area contributed by atoms with E-state index in [1.165, 1.54) is 90.1 Å². The van der Waals surface area contributed by atoms with Gasteiger partial charge >= 0.3 is 11.9 Å². The van der Waals surface area contributed by atoms with Crippen molar-refractivity contribution in [2.24, 2.45) is 39.9 Å². The van der Waals surface area contributed by atoms with Gasteiger partial charge in [-0.15, -0.1) is 0 Å². The number of fused-ring (bicyclic) bond motifs is 5. The third-order valence-electron chi connectivity index (χ3n) is 14.3. The molecule has 6 fully saturated rings. The fraction of sp³-hybridized carbons (Fsp3) is 0.946. The average molecular weight is 600 g/mol. The van der Waals surface area contributed by atoms with Crippen LogP contribution in [0.4, 0.5) is 0 Å². The highest BCUT2D eigenvalue weighted by Gasteiger charge is 2.67. The maximum atomic E-state index is 13.5. The van der Waals surface area contributed by atoms with Gasteiger partial charge in [0.1, 0.15) is 12.1 Å². The van der Waals surface area contributed by atoms with Crippen LogP contribution in [-0.4, -0.2) is 78.8 Å². The minimum atomic E-state index is -0.480. The normalized spacial score (nSPS) is 44.9. The lowest BCUT2D eigenvalue weighted by molar-refractivity contribution is -0.940. The van der Waals surface area contributed by atoms with Gasteiger partial charge in [0.05, 0.1) is 25.6 Å².